The SMILES string of the molecule is CC(=O)N[C@@H](C)C(=O)O[C@H](C)C(=O)Nc1ccc(S(=O)(=O)N2CCOCC2)cc1. The van der Waals surface area contributed by atoms with Crippen LogP contribution in [0.15, 0.2) is 29.2 Å². The summed E-state index contributed by atoms with van der Waals surface area (Å²) in [6, 6.07) is 4.83. The first-order chi connectivity index (χ1) is 13.6. The van der Waals surface area contributed by atoms with Crippen molar-refractivity contribution in [2.75, 3.05) is 31.6 Å². The zero-order valence-electron chi connectivity index (χ0n) is 16.5. The lowest BCUT2D eigenvalue weighted by atomic mass is 10.3. The lowest BCUT2D eigenvalue weighted by Gasteiger charge is -2.26. The first kappa shape index (κ1) is 22.8. The van der Waals surface area contributed by atoms with Crippen molar-refractivity contribution in [3.05, 3.63) is 24.3 Å². The van der Waals surface area contributed by atoms with E-state index in [0.717, 1.165) is 0 Å². The van der Waals surface area contributed by atoms with E-state index in [1.165, 1.54) is 49.3 Å². The molecule has 10 nitrogen and oxygen atoms in total. The molecule has 1 aromatic carbocycles. The Bertz CT molecular complexity index is 849. The number of nitrogens with zero attached hydrogens (tertiary/aromatic N) is 1. The Morgan fingerprint density at radius 3 is 2.24 bits per heavy atom. The van der Waals surface area contributed by atoms with Gasteiger partial charge in [-0.15, -0.1) is 0 Å². The van der Waals surface area contributed by atoms with Crippen LogP contribution in [0.5, 0.6) is 0 Å². The highest BCUT2D eigenvalue weighted by Gasteiger charge is 2.26. The normalized spacial score (nSPS) is 17.1. The highest BCUT2D eigenvalue weighted by molar-refractivity contribution is 7.89. The quantitative estimate of drug-likeness (QED) is 0.590. The predicted molar refractivity (Wildman–Crippen MR) is 103 cm³/mol. The van der Waals surface area contributed by atoms with E-state index >= 15 is 0 Å². The molecule has 11 heteroatoms. The Hall–Kier alpha value is -2.50. The molecule has 0 spiro atoms. The number of carbonyl (C=O) groups is 3. The summed E-state index contributed by atoms with van der Waals surface area (Å²) in [6.07, 6.45) is -1.10. The molecule has 1 aromatic rings. The van der Waals surface area contributed by atoms with Crippen LogP contribution in [0.25, 0.3) is 0 Å². The number of anilines is 1. The summed E-state index contributed by atoms with van der Waals surface area (Å²) >= 11 is 0. The second kappa shape index (κ2) is 9.81. The Kier molecular flexibility index (Phi) is 7.71. The van der Waals surface area contributed by atoms with E-state index in [0.29, 0.717) is 32.0 Å². The molecule has 1 heterocycles. The molecule has 29 heavy (non-hydrogen) atoms. The number of morpholine rings is 1. The topological polar surface area (TPSA) is 131 Å². The van der Waals surface area contributed by atoms with E-state index in [-0.39, 0.29) is 4.90 Å². The minimum atomic E-state index is -3.62. The van der Waals surface area contributed by atoms with E-state index in [9.17, 15) is 22.8 Å². The Balaban J connectivity index is 1.95. The molecule has 0 aliphatic carbocycles. The number of nitrogens with one attached hydrogen (secondary N) is 2. The molecular weight excluding hydrogens is 402 g/mol. The van der Waals surface area contributed by atoms with Crippen LogP contribution in [0.4, 0.5) is 5.69 Å². The number of ether oxygens (including phenoxy) is 2. The van der Waals surface area contributed by atoms with Gasteiger partial charge in [-0.05, 0) is 38.1 Å². The minimum Gasteiger partial charge on any atom is -0.451 e. The van der Waals surface area contributed by atoms with Crippen LogP contribution in [-0.4, -0.2) is 69.0 Å². The second-order valence-electron chi connectivity index (χ2n) is 6.53. The lowest BCUT2D eigenvalue weighted by molar-refractivity contribution is -0.155. The third kappa shape index (κ3) is 6.24. The summed E-state index contributed by atoms with van der Waals surface area (Å²) < 4.78 is 36.7. The van der Waals surface area contributed by atoms with Crippen LogP contribution in [0.1, 0.15) is 20.8 Å². The van der Waals surface area contributed by atoms with Crippen LogP contribution in [0.2, 0.25) is 0 Å². The number of amides is 2. The van der Waals surface area contributed by atoms with Gasteiger partial charge in [0.2, 0.25) is 15.9 Å². The van der Waals surface area contributed by atoms with Gasteiger partial charge < -0.3 is 20.1 Å². The van der Waals surface area contributed by atoms with Gasteiger partial charge >= 0.3 is 5.97 Å². The lowest BCUT2D eigenvalue weighted by Crippen LogP contribution is -2.41. The molecule has 0 radical (unpaired) electrons. The highest BCUT2D eigenvalue weighted by atomic mass is 32.2. The fourth-order valence-electron chi connectivity index (χ4n) is 2.58. The summed E-state index contributed by atoms with van der Waals surface area (Å²) in [7, 11) is -3.62. The largest absolute Gasteiger partial charge is 0.451 e. The highest BCUT2D eigenvalue weighted by Crippen LogP contribution is 2.19. The third-order valence-electron chi connectivity index (χ3n) is 4.17. The van der Waals surface area contributed by atoms with E-state index < -0.39 is 40.0 Å². The summed E-state index contributed by atoms with van der Waals surface area (Å²) in [5.74, 6) is -1.72. The smallest absolute Gasteiger partial charge is 0.329 e. The molecule has 160 valence electrons. The number of esters is 1. The molecule has 2 amide bonds. The molecule has 0 aromatic heterocycles. The van der Waals surface area contributed by atoms with Crippen molar-refractivity contribution in [3.8, 4) is 0 Å². The van der Waals surface area contributed by atoms with Crippen LogP contribution in [-0.2, 0) is 33.9 Å². The van der Waals surface area contributed by atoms with Gasteiger partial charge in [0.15, 0.2) is 6.10 Å². The van der Waals surface area contributed by atoms with E-state index in [1.807, 2.05) is 0 Å². The number of sulfonamides is 1. The van der Waals surface area contributed by atoms with Gasteiger partial charge in [0.1, 0.15) is 6.04 Å². The number of rotatable bonds is 7. The van der Waals surface area contributed by atoms with Gasteiger partial charge in [0.25, 0.3) is 5.91 Å². The van der Waals surface area contributed by atoms with Gasteiger partial charge in [-0.25, -0.2) is 13.2 Å². The minimum absolute atomic E-state index is 0.112. The van der Waals surface area contributed by atoms with Gasteiger partial charge in [-0.3, -0.25) is 9.59 Å². The molecular formula is C18H25N3O7S. The molecule has 0 unspecified atom stereocenters. The zero-order chi connectivity index (χ0) is 21.6. The average Bonchev–Trinajstić information content (AvgIpc) is 2.68. The molecule has 1 aliphatic rings. The fraction of sp³-hybridized carbons (Fsp3) is 0.500. The van der Waals surface area contributed by atoms with E-state index in [2.05, 4.69) is 10.6 Å². The molecule has 0 saturated carbocycles. The first-order valence-corrected chi connectivity index (χ1v) is 10.5. The molecule has 2 N–H and O–H groups in total. The van der Waals surface area contributed by atoms with Crippen molar-refractivity contribution in [2.45, 2.75) is 37.8 Å². The monoisotopic (exact) mass is 427 g/mol. The van der Waals surface area contributed by atoms with Gasteiger partial charge in [-0.1, -0.05) is 0 Å². The fourth-order valence-corrected chi connectivity index (χ4v) is 3.99. The van der Waals surface area contributed by atoms with Crippen molar-refractivity contribution in [1.29, 1.82) is 0 Å². The summed E-state index contributed by atoms with van der Waals surface area (Å²) in [5, 5.41) is 4.92. The van der Waals surface area contributed by atoms with Crippen molar-refractivity contribution in [3.63, 3.8) is 0 Å². The van der Waals surface area contributed by atoms with Gasteiger partial charge in [0, 0.05) is 25.7 Å². The maximum atomic E-state index is 12.6. The molecule has 2 atom stereocenters. The molecule has 1 aliphatic heterocycles. The van der Waals surface area contributed by atoms with E-state index in [1.54, 1.807) is 0 Å². The van der Waals surface area contributed by atoms with Crippen LogP contribution in [0.3, 0.4) is 0 Å². The Morgan fingerprint density at radius 2 is 1.69 bits per heavy atom. The number of benzene rings is 1. The number of hydrogen-bond donors (Lipinski definition) is 2. The van der Waals surface area contributed by atoms with Crippen molar-refractivity contribution in [2.24, 2.45) is 0 Å². The maximum Gasteiger partial charge on any atom is 0.329 e. The third-order valence-corrected chi connectivity index (χ3v) is 6.08. The van der Waals surface area contributed by atoms with Crippen LogP contribution in [0, 0.1) is 0 Å². The summed E-state index contributed by atoms with van der Waals surface area (Å²) in [4.78, 5) is 35.1. The standard InChI is InChI=1S/C18H25N3O7S/c1-12(19-14(3)22)18(24)28-13(2)17(23)20-15-4-6-16(7-5-15)29(25,26)21-8-10-27-11-9-21/h4-7,12-13H,8-11H2,1-3H3,(H,19,22)(H,20,23)/t12-,13+/m0/s1. The predicted octanol–water partition coefficient (Wildman–Crippen LogP) is 0.102. The van der Waals surface area contributed by atoms with Crippen LogP contribution < -0.4 is 10.6 Å². The maximum absolute atomic E-state index is 12.6. The number of carbonyl (C=O) groups excluding carboxylic acids is 3. The number of hydrogen-bond acceptors (Lipinski definition) is 7. The van der Waals surface area contributed by atoms with Gasteiger partial charge in [-0.2, -0.15) is 4.31 Å². The zero-order valence-corrected chi connectivity index (χ0v) is 17.3. The second-order valence-corrected chi connectivity index (χ2v) is 8.47. The Morgan fingerprint density at radius 1 is 1.10 bits per heavy atom. The molecule has 1 fully saturated rings. The van der Waals surface area contributed by atoms with Crippen molar-refractivity contribution < 1.29 is 32.3 Å². The summed E-state index contributed by atoms with van der Waals surface area (Å²) in [6.45, 7) is 5.39. The Labute approximate surface area is 169 Å². The van der Waals surface area contributed by atoms with Crippen molar-refractivity contribution in [1.82, 2.24) is 9.62 Å². The summed E-state index contributed by atoms with van der Waals surface area (Å²) in [5.41, 5.74) is 0.355. The van der Waals surface area contributed by atoms with E-state index in [4.69, 9.17) is 9.47 Å². The van der Waals surface area contributed by atoms with Crippen molar-refractivity contribution >= 4 is 33.5 Å². The first-order valence-electron chi connectivity index (χ1n) is 9.07. The van der Waals surface area contributed by atoms with Crippen LogP contribution >= 0.6 is 0 Å². The molecule has 2 rings (SSSR count). The van der Waals surface area contributed by atoms with Gasteiger partial charge in [0.05, 0.1) is 18.1 Å². The molecule has 1 saturated heterocycles. The molecule has 0 bridgehead atoms. The average molecular weight is 427 g/mol.